The molecule has 0 aromatic rings. The van der Waals surface area contributed by atoms with Gasteiger partial charge in [-0.2, -0.15) is 0 Å². The van der Waals surface area contributed by atoms with E-state index >= 15 is 0 Å². The molecule has 0 amide bonds. The van der Waals surface area contributed by atoms with Crippen molar-refractivity contribution in [3.05, 3.63) is 0 Å². The highest BCUT2D eigenvalue weighted by atomic mass is 16.5. The molecule has 0 aromatic carbocycles. The van der Waals surface area contributed by atoms with Gasteiger partial charge in [-0.1, -0.05) is 27.2 Å². The number of hydrogen-bond acceptors (Lipinski definition) is 4. The number of ether oxygens (including phenoxy) is 2. The van der Waals surface area contributed by atoms with E-state index in [1.165, 1.54) is 0 Å². The molecule has 4 nitrogen and oxygen atoms in total. The van der Waals surface area contributed by atoms with Crippen molar-refractivity contribution >= 4 is 0 Å². The molecule has 0 saturated carbocycles. The Morgan fingerprint density at radius 3 is 2.61 bits per heavy atom. The maximum Gasteiger partial charge on any atom is 0.0897 e. The van der Waals surface area contributed by atoms with Gasteiger partial charge in [-0.15, -0.1) is 0 Å². The molecule has 1 atom stereocenters. The minimum atomic E-state index is -0.417. The van der Waals surface area contributed by atoms with E-state index in [2.05, 4.69) is 26.1 Å². The third kappa shape index (κ3) is 11.0. The third-order valence-electron chi connectivity index (χ3n) is 2.92. The van der Waals surface area contributed by atoms with Crippen molar-refractivity contribution < 1.29 is 14.6 Å². The van der Waals surface area contributed by atoms with Gasteiger partial charge < -0.3 is 19.9 Å². The van der Waals surface area contributed by atoms with Crippen LogP contribution in [0.1, 0.15) is 40.0 Å². The van der Waals surface area contributed by atoms with Crippen LogP contribution in [0.25, 0.3) is 0 Å². The SMILES string of the molecule is CCCCOCC(O)CNCC(C)(C)CCOC. The lowest BCUT2D eigenvalue weighted by Gasteiger charge is -2.25. The summed E-state index contributed by atoms with van der Waals surface area (Å²) in [5.74, 6) is 0. The van der Waals surface area contributed by atoms with E-state index in [0.29, 0.717) is 13.2 Å². The Balaban J connectivity index is 3.51. The molecule has 18 heavy (non-hydrogen) atoms. The van der Waals surface area contributed by atoms with Crippen LogP contribution < -0.4 is 5.32 Å². The Kier molecular flexibility index (Phi) is 10.6. The molecule has 2 N–H and O–H groups in total. The Morgan fingerprint density at radius 2 is 2.00 bits per heavy atom. The Hall–Kier alpha value is -0.160. The number of aliphatic hydroxyl groups excluding tert-OH is 1. The molecule has 0 bridgehead atoms. The van der Waals surface area contributed by atoms with Crippen LogP contribution in [0.15, 0.2) is 0 Å². The molecule has 0 fully saturated rings. The summed E-state index contributed by atoms with van der Waals surface area (Å²) < 4.78 is 10.5. The van der Waals surface area contributed by atoms with Crippen molar-refractivity contribution in [2.75, 3.05) is 40.0 Å². The van der Waals surface area contributed by atoms with Crippen LogP contribution in [0.2, 0.25) is 0 Å². The lowest BCUT2D eigenvalue weighted by atomic mass is 9.90. The third-order valence-corrected chi connectivity index (χ3v) is 2.92. The summed E-state index contributed by atoms with van der Waals surface area (Å²) >= 11 is 0. The van der Waals surface area contributed by atoms with Crippen LogP contribution in [0, 0.1) is 5.41 Å². The summed E-state index contributed by atoms with van der Waals surface area (Å²) in [6, 6.07) is 0. The van der Waals surface area contributed by atoms with Crippen LogP contribution in [-0.4, -0.2) is 51.2 Å². The zero-order valence-electron chi connectivity index (χ0n) is 12.5. The van der Waals surface area contributed by atoms with E-state index in [1.807, 2.05) is 0 Å². The second-order valence-electron chi connectivity index (χ2n) is 5.62. The number of nitrogens with one attached hydrogen (secondary N) is 1. The largest absolute Gasteiger partial charge is 0.389 e. The second-order valence-corrected chi connectivity index (χ2v) is 5.62. The number of unbranched alkanes of at least 4 members (excludes halogenated alkanes) is 1. The molecule has 0 saturated heterocycles. The summed E-state index contributed by atoms with van der Waals surface area (Å²) in [6.07, 6.45) is 2.78. The minimum absolute atomic E-state index is 0.193. The quantitative estimate of drug-likeness (QED) is 0.526. The fourth-order valence-electron chi connectivity index (χ4n) is 1.57. The average molecular weight is 261 g/mol. The van der Waals surface area contributed by atoms with E-state index in [-0.39, 0.29) is 5.41 Å². The first-order valence-corrected chi connectivity index (χ1v) is 6.97. The van der Waals surface area contributed by atoms with Crippen LogP contribution >= 0.6 is 0 Å². The molecule has 0 aliphatic carbocycles. The minimum Gasteiger partial charge on any atom is -0.389 e. The van der Waals surface area contributed by atoms with E-state index < -0.39 is 6.10 Å². The van der Waals surface area contributed by atoms with Gasteiger partial charge in [-0.05, 0) is 18.3 Å². The zero-order valence-corrected chi connectivity index (χ0v) is 12.5. The first kappa shape index (κ1) is 17.8. The van der Waals surface area contributed by atoms with Crippen molar-refractivity contribution in [1.29, 1.82) is 0 Å². The molecule has 0 spiro atoms. The van der Waals surface area contributed by atoms with E-state index in [9.17, 15) is 5.11 Å². The van der Waals surface area contributed by atoms with Gasteiger partial charge >= 0.3 is 0 Å². The summed E-state index contributed by atoms with van der Waals surface area (Å²) in [6.45, 7) is 9.93. The Morgan fingerprint density at radius 1 is 1.28 bits per heavy atom. The molecule has 110 valence electrons. The maximum absolute atomic E-state index is 9.71. The topological polar surface area (TPSA) is 50.7 Å². The number of rotatable bonds is 12. The highest BCUT2D eigenvalue weighted by Gasteiger charge is 2.17. The molecule has 1 unspecified atom stereocenters. The fourth-order valence-corrected chi connectivity index (χ4v) is 1.57. The van der Waals surface area contributed by atoms with E-state index in [1.54, 1.807) is 7.11 Å². The van der Waals surface area contributed by atoms with Gasteiger partial charge in [0.15, 0.2) is 0 Å². The molecule has 0 aliphatic heterocycles. The van der Waals surface area contributed by atoms with Crippen LogP contribution in [0.5, 0.6) is 0 Å². The standard InChI is InChI=1S/C14H31NO3/c1-5-6-8-18-11-13(16)10-15-12-14(2,3)7-9-17-4/h13,15-16H,5-12H2,1-4H3. The number of methoxy groups -OCH3 is 1. The molecule has 0 aromatic heterocycles. The van der Waals surface area contributed by atoms with Crippen LogP contribution in [-0.2, 0) is 9.47 Å². The van der Waals surface area contributed by atoms with Gasteiger partial charge in [0.2, 0.25) is 0 Å². The van der Waals surface area contributed by atoms with Crippen LogP contribution in [0.3, 0.4) is 0 Å². The molecule has 0 rings (SSSR count). The summed E-state index contributed by atoms with van der Waals surface area (Å²) in [7, 11) is 1.72. The van der Waals surface area contributed by atoms with Crippen molar-refractivity contribution in [3.8, 4) is 0 Å². The smallest absolute Gasteiger partial charge is 0.0897 e. The molecular formula is C14H31NO3. The van der Waals surface area contributed by atoms with E-state index in [4.69, 9.17) is 9.47 Å². The monoisotopic (exact) mass is 261 g/mol. The van der Waals surface area contributed by atoms with Gasteiger partial charge in [0, 0.05) is 33.4 Å². The normalized spacial score (nSPS) is 13.8. The first-order valence-electron chi connectivity index (χ1n) is 6.97. The molecule has 0 heterocycles. The van der Waals surface area contributed by atoms with E-state index in [0.717, 1.165) is 39.0 Å². The highest BCUT2D eigenvalue weighted by Crippen LogP contribution is 2.18. The summed E-state index contributed by atoms with van der Waals surface area (Å²) in [5.41, 5.74) is 0.193. The lowest BCUT2D eigenvalue weighted by Crippen LogP contribution is -2.37. The predicted molar refractivity (Wildman–Crippen MR) is 74.9 cm³/mol. The maximum atomic E-state index is 9.71. The molecule has 0 aliphatic rings. The lowest BCUT2D eigenvalue weighted by molar-refractivity contribution is 0.0344. The van der Waals surface area contributed by atoms with Crippen molar-refractivity contribution in [1.82, 2.24) is 5.32 Å². The number of aliphatic hydroxyl groups is 1. The zero-order chi connectivity index (χ0) is 13.9. The van der Waals surface area contributed by atoms with Gasteiger partial charge in [0.05, 0.1) is 12.7 Å². The first-order chi connectivity index (χ1) is 8.52. The highest BCUT2D eigenvalue weighted by molar-refractivity contribution is 4.72. The Labute approximate surface area is 112 Å². The fraction of sp³-hybridized carbons (Fsp3) is 1.00. The van der Waals surface area contributed by atoms with Crippen LogP contribution in [0.4, 0.5) is 0 Å². The summed E-state index contributed by atoms with van der Waals surface area (Å²) in [4.78, 5) is 0. The predicted octanol–water partition coefficient (Wildman–Crippen LogP) is 1.82. The van der Waals surface area contributed by atoms with Crippen molar-refractivity contribution in [2.45, 2.75) is 46.1 Å². The van der Waals surface area contributed by atoms with Gasteiger partial charge in [0.1, 0.15) is 0 Å². The molecule has 4 heteroatoms. The van der Waals surface area contributed by atoms with Crippen molar-refractivity contribution in [3.63, 3.8) is 0 Å². The Bertz CT molecular complexity index is 186. The molecule has 0 radical (unpaired) electrons. The summed E-state index contributed by atoms with van der Waals surface area (Å²) in [5, 5.41) is 13.0. The number of hydrogen-bond donors (Lipinski definition) is 2. The van der Waals surface area contributed by atoms with Gasteiger partial charge in [-0.25, -0.2) is 0 Å². The van der Waals surface area contributed by atoms with Crippen molar-refractivity contribution in [2.24, 2.45) is 5.41 Å². The van der Waals surface area contributed by atoms with Gasteiger partial charge in [0.25, 0.3) is 0 Å². The average Bonchev–Trinajstić information content (AvgIpc) is 2.32. The van der Waals surface area contributed by atoms with Gasteiger partial charge in [-0.3, -0.25) is 0 Å². The second kappa shape index (κ2) is 10.7. The molecular weight excluding hydrogens is 230 g/mol.